The molecule has 0 aliphatic heterocycles. The third-order valence-electron chi connectivity index (χ3n) is 1.90. The number of amides is 1. The van der Waals surface area contributed by atoms with E-state index in [4.69, 9.17) is 11.2 Å². The molecule has 4 nitrogen and oxygen atoms in total. The van der Waals surface area contributed by atoms with E-state index in [1.165, 1.54) is 0 Å². The Morgan fingerprint density at radius 2 is 2.29 bits per heavy atom. The normalized spacial score (nSPS) is 9.47. The van der Waals surface area contributed by atoms with Crippen molar-refractivity contribution in [3.63, 3.8) is 0 Å². The van der Waals surface area contributed by atoms with Gasteiger partial charge in [-0.3, -0.25) is 10.1 Å². The summed E-state index contributed by atoms with van der Waals surface area (Å²) in [5.41, 5.74) is 0.670. The molecule has 0 aliphatic carbocycles. The molecule has 1 amide bonds. The molecule has 0 spiro atoms. The summed E-state index contributed by atoms with van der Waals surface area (Å²) >= 11 is 3.33. The van der Waals surface area contributed by atoms with Crippen molar-refractivity contribution >= 4 is 27.5 Å². The fourth-order valence-corrected chi connectivity index (χ4v) is 1.68. The number of halogens is 1. The summed E-state index contributed by atoms with van der Waals surface area (Å²) in [5, 5.41) is 5.54. The van der Waals surface area contributed by atoms with Gasteiger partial charge >= 0.3 is 0 Å². The van der Waals surface area contributed by atoms with Crippen LogP contribution >= 0.6 is 15.9 Å². The predicted octanol–water partition coefficient (Wildman–Crippen LogP) is 1.62. The lowest BCUT2D eigenvalue weighted by Gasteiger charge is -2.08. The molecule has 0 fully saturated rings. The van der Waals surface area contributed by atoms with E-state index in [2.05, 4.69) is 32.5 Å². The van der Waals surface area contributed by atoms with E-state index in [9.17, 15) is 4.79 Å². The standard InChI is InChI=1S/C12H13BrN2O2/c1-3-4-14-8-12(16)15-10-5-9(13)6-11(7-10)17-2/h1,5-7,14H,4,8H2,2H3,(H,15,16). The molecule has 0 bridgehead atoms. The van der Waals surface area contributed by atoms with E-state index in [0.717, 1.165) is 4.47 Å². The van der Waals surface area contributed by atoms with Crippen molar-refractivity contribution in [1.29, 1.82) is 0 Å². The summed E-state index contributed by atoms with van der Waals surface area (Å²) in [4.78, 5) is 11.5. The van der Waals surface area contributed by atoms with Crippen molar-refractivity contribution in [3.05, 3.63) is 22.7 Å². The maximum atomic E-state index is 11.5. The zero-order valence-electron chi connectivity index (χ0n) is 9.42. The van der Waals surface area contributed by atoms with Crippen molar-refractivity contribution in [2.45, 2.75) is 0 Å². The first-order chi connectivity index (χ1) is 8.15. The van der Waals surface area contributed by atoms with Gasteiger partial charge in [-0.15, -0.1) is 6.42 Å². The molecule has 2 N–H and O–H groups in total. The Morgan fingerprint density at radius 1 is 1.53 bits per heavy atom. The van der Waals surface area contributed by atoms with Gasteiger partial charge in [0, 0.05) is 16.2 Å². The van der Waals surface area contributed by atoms with Gasteiger partial charge in [0.15, 0.2) is 0 Å². The minimum atomic E-state index is -0.152. The van der Waals surface area contributed by atoms with E-state index in [1.807, 2.05) is 6.07 Å². The van der Waals surface area contributed by atoms with Gasteiger partial charge in [0.05, 0.1) is 20.2 Å². The molecule has 1 aromatic rings. The number of hydrogen-bond acceptors (Lipinski definition) is 3. The number of terminal acetylenes is 1. The Balaban J connectivity index is 2.59. The Morgan fingerprint density at radius 3 is 2.94 bits per heavy atom. The molecule has 90 valence electrons. The minimum absolute atomic E-state index is 0.152. The molecule has 1 aromatic carbocycles. The number of methoxy groups -OCH3 is 1. The van der Waals surface area contributed by atoms with E-state index in [0.29, 0.717) is 18.0 Å². The lowest BCUT2D eigenvalue weighted by molar-refractivity contribution is -0.115. The first kappa shape index (κ1) is 13.6. The second-order valence-corrected chi connectivity index (χ2v) is 4.15. The topological polar surface area (TPSA) is 50.4 Å². The summed E-state index contributed by atoms with van der Waals surface area (Å²) < 4.78 is 5.93. The van der Waals surface area contributed by atoms with Gasteiger partial charge in [0.2, 0.25) is 5.91 Å². The Labute approximate surface area is 109 Å². The number of ether oxygens (including phenoxy) is 1. The number of hydrogen-bond donors (Lipinski definition) is 2. The van der Waals surface area contributed by atoms with Gasteiger partial charge in [-0.1, -0.05) is 21.9 Å². The zero-order valence-corrected chi connectivity index (χ0v) is 11.0. The third kappa shape index (κ3) is 4.89. The van der Waals surface area contributed by atoms with Crippen LogP contribution in [0.25, 0.3) is 0 Å². The predicted molar refractivity (Wildman–Crippen MR) is 71.0 cm³/mol. The molecule has 0 heterocycles. The Kier molecular flexibility index (Phi) is 5.53. The summed E-state index contributed by atoms with van der Waals surface area (Å²) in [6.07, 6.45) is 5.06. The molecule has 1 rings (SSSR count). The van der Waals surface area contributed by atoms with Crippen LogP contribution in [-0.2, 0) is 4.79 Å². The SMILES string of the molecule is C#CCNCC(=O)Nc1cc(Br)cc(OC)c1. The van der Waals surface area contributed by atoms with Crippen LogP contribution in [0.1, 0.15) is 0 Å². The Bertz CT molecular complexity index is 441. The highest BCUT2D eigenvalue weighted by atomic mass is 79.9. The molecule has 17 heavy (non-hydrogen) atoms. The average Bonchev–Trinajstić information content (AvgIpc) is 2.28. The van der Waals surface area contributed by atoms with Crippen LogP contribution in [0.4, 0.5) is 5.69 Å². The maximum absolute atomic E-state index is 11.5. The van der Waals surface area contributed by atoms with Crippen LogP contribution in [-0.4, -0.2) is 26.1 Å². The maximum Gasteiger partial charge on any atom is 0.238 e. The van der Waals surface area contributed by atoms with Crippen LogP contribution in [0.2, 0.25) is 0 Å². The Hall–Kier alpha value is -1.51. The van der Waals surface area contributed by atoms with E-state index in [1.54, 1.807) is 19.2 Å². The highest BCUT2D eigenvalue weighted by molar-refractivity contribution is 9.10. The molecule has 0 aliphatic rings. The number of carbonyl (C=O) groups excluding carboxylic acids is 1. The van der Waals surface area contributed by atoms with Crippen LogP contribution < -0.4 is 15.4 Å². The summed E-state index contributed by atoms with van der Waals surface area (Å²) in [7, 11) is 1.57. The number of anilines is 1. The van der Waals surface area contributed by atoms with Crippen molar-refractivity contribution in [2.24, 2.45) is 0 Å². The molecule has 0 unspecified atom stereocenters. The molecule has 0 saturated carbocycles. The summed E-state index contributed by atoms with van der Waals surface area (Å²) in [6, 6.07) is 5.34. The van der Waals surface area contributed by atoms with Crippen molar-refractivity contribution < 1.29 is 9.53 Å². The molecule has 0 saturated heterocycles. The van der Waals surface area contributed by atoms with E-state index < -0.39 is 0 Å². The lowest BCUT2D eigenvalue weighted by atomic mass is 10.3. The number of benzene rings is 1. The van der Waals surface area contributed by atoms with Gasteiger partial charge < -0.3 is 10.1 Å². The molecule has 0 radical (unpaired) electrons. The smallest absolute Gasteiger partial charge is 0.238 e. The summed E-state index contributed by atoms with van der Waals surface area (Å²) in [5.74, 6) is 2.92. The van der Waals surface area contributed by atoms with Crippen LogP contribution in [0.3, 0.4) is 0 Å². The van der Waals surface area contributed by atoms with Gasteiger partial charge in [-0.25, -0.2) is 0 Å². The fourth-order valence-electron chi connectivity index (χ4n) is 1.21. The van der Waals surface area contributed by atoms with Crippen LogP contribution in [0.15, 0.2) is 22.7 Å². The molecule has 0 atom stereocenters. The minimum Gasteiger partial charge on any atom is -0.497 e. The first-order valence-corrected chi connectivity index (χ1v) is 5.73. The number of rotatable bonds is 5. The van der Waals surface area contributed by atoms with E-state index in [-0.39, 0.29) is 12.5 Å². The quantitative estimate of drug-likeness (QED) is 0.641. The van der Waals surface area contributed by atoms with Crippen LogP contribution in [0.5, 0.6) is 5.75 Å². The molecule has 0 aromatic heterocycles. The zero-order chi connectivity index (χ0) is 12.7. The van der Waals surface area contributed by atoms with Crippen molar-refractivity contribution in [1.82, 2.24) is 5.32 Å². The number of nitrogens with one attached hydrogen (secondary N) is 2. The molecular weight excluding hydrogens is 284 g/mol. The second-order valence-electron chi connectivity index (χ2n) is 3.24. The van der Waals surface area contributed by atoms with E-state index >= 15 is 0 Å². The van der Waals surface area contributed by atoms with Gasteiger partial charge in [0.25, 0.3) is 0 Å². The highest BCUT2D eigenvalue weighted by Crippen LogP contribution is 2.24. The lowest BCUT2D eigenvalue weighted by Crippen LogP contribution is -2.28. The van der Waals surface area contributed by atoms with Gasteiger partial charge in [-0.05, 0) is 12.1 Å². The second kappa shape index (κ2) is 6.94. The first-order valence-electron chi connectivity index (χ1n) is 4.94. The number of carbonyl (C=O) groups is 1. The van der Waals surface area contributed by atoms with Gasteiger partial charge in [0.1, 0.15) is 5.75 Å². The average molecular weight is 297 g/mol. The van der Waals surface area contributed by atoms with Gasteiger partial charge in [-0.2, -0.15) is 0 Å². The third-order valence-corrected chi connectivity index (χ3v) is 2.36. The monoisotopic (exact) mass is 296 g/mol. The van der Waals surface area contributed by atoms with Crippen molar-refractivity contribution in [3.8, 4) is 18.1 Å². The highest BCUT2D eigenvalue weighted by Gasteiger charge is 2.04. The van der Waals surface area contributed by atoms with Crippen LogP contribution in [0, 0.1) is 12.3 Å². The van der Waals surface area contributed by atoms with Crippen molar-refractivity contribution in [2.75, 3.05) is 25.5 Å². The fraction of sp³-hybridized carbons (Fsp3) is 0.250. The largest absolute Gasteiger partial charge is 0.497 e. The molecule has 5 heteroatoms. The molecular formula is C12H13BrN2O2. The summed E-state index contributed by atoms with van der Waals surface area (Å²) in [6.45, 7) is 0.550.